The minimum atomic E-state index is -3.70. The molecule has 0 radical (unpaired) electrons. The molecule has 1 aliphatic carbocycles. The number of anilines is 1. The van der Waals surface area contributed by atoms with E-state index in [1.165, 1.54) is 0 Å². The average molecular weight is 500 g/mol. The van der Waals surface area contributed by atoms with Crippen molar-refractivity contribution < 1.29 is 13.2 Å². The zero-order chi connectivity index (χ0) is 24.9. The van der Waals surface area contributed by atoms with Gasteiger partial charge < -0.3 is 10.6 Å². The van der Waals surface area contributed by atoms with Crippen molar-refractivity contribution in [1.29, 1.82) is 0 Å². The number of hydrogen-bond donors (Lipinski definition) is 2. The standard InChI is InChI=1S/C27H25N5O3S/c28-27-30-23-12-11-18(21-7-3-4-8-24(21)36(34,35)29-14-17-9-10-17)13-22(23)25(31-27)26(33)32-15-19-5-1-2-6-20(19)16-32/h1-8,11-13,17,29H,9-10,14-16H2,(H2,28,30,31). The number of aromatic nitrogens is 2. The quantitative estimate of drug-likeness (QED) is 0.417. The summed E-state index contributed by atoms with van der Waals surface area (Å²) in [7, 11) is -3.70. The summed E-state index contributed by atoms with van der Waals surface area (Å²) < 4.78 is 29.0. The van der Waals surface area contributed by atoms with Crippen molar-refractivity contribution in [2.45, 2.75) is 30.8 Å². The van der Waals surface area contributed by atoms with E-state index in [-0.39, 0.29) is 22.4 Å². The van der Waals surface area contributed by atoms with E-state index in [4.69, 9.17) is 5.73 Å². The Labute approximate surface area is 209 Å². The third kappa shape index (κ3) is 4.20. The minimum Gasteiger partial charge on any atom is -0.368 e. The molecule has 1 aromatic heterocycles. The number of benzene rings is 3. The van der Waals surface area contributed by atoms with Gasteiger partial charge in [-0.2, -0.15) is 0 Å². The topological polar surface area (TPSA) is 118 Å². The first kappa shape index (κ1) is 22.6. The molecule has 1 aliphatic heterocycles. The van der Waals surface area contributed by atoms with Gasteiger partial charge in [-0.15, -0.1) is 0 Å². The lowest BCUT2D eigenvalue weighted by atomic mass is 10.0. The second-order valence-corrected chi connectivity index (χ2v) is 11.1. The van der Waals surface area contributed by atoms with Gasteiger partial charge in [-0.05, 0) is 53.6 Å². The van der Waals surface area contributed by atoms with Crippen molar-refractivity contribution in [1.82, 2.24) is 19.6 Å². The van der Waals surface area contributed by atoms with Gasteiger partial charge in [0.25, 0.3) is 5.91 Å². The van der Waals surface area contributed by atoms with Gasteiger partial charge in [0.2, 0.25) is 16.0 Å². The molecule has 182 valence electrons. The summed E-state index contributed by atoms with van der Waals surface area (Å²) in [5.41, 5.74) is 10.1. The van der Waals surface area contributed by atoms with Gasteiger partial charge in [-0.1, -0.05) is 48.5 Å². The van der Waals surface area contributed by atoms with Crippen LogP contribution in [0.1, 0.15) is 34.5 Å². The lowest BCUT2D eigenvalue weighted by Crippen LogP contribution is -2.27. The predicted octanol–water partition coefficient (Wildman–Crippen LogP) is 3.72. The molecule has 6 rings (SSSR count). The Morgan fingerprint density at radius 1 is 0.972 bits per heavy atom. The van der Waals surface area contributed by atoms with Crippen molar-refractivity contribution >= 4 is 32.8 Å². The van der Waals surface area contributed by atoms with Gasteiger partial charge >= 0.3 is 0 Å². The molecule has 0 saturated heterocycles. The number of carbonyl (C=O) groups excluding carboxylic acids is 1. The fourth-order valence-corrected chi connectivity index (χ4v) is 6.01. The van der Waals surface area contributed by atoms with E-state index in [9.17, 15) is 13.2 Å². The van der Waals surface area contributed by atoms with Gasteiger partial charge in [0.1, 0.15) is 5.69 Å². The zero-order valence-corrected chi connectivity index (χ0v) is 20.3. The first-order valence-electron chi connectivity index (χ1n) is 11.9. The number of hydrogen-bond acceptors (Lipinski definition) is 6. The monoisotopic (exact) mass is 499 g/mol. The summed E-state index contributed by atoms with van der Waals surface area (Å²) in [5, 5.41) is 0.529. The van der Waals surface area contributed by atoms with Crippen LogP contribution in [-0.4, -0.2) is 35.7 Å². The molecule has 3 N–H and O–H groups in total. The van der Waals surface area contributed by atoms with Crippen molar-refractivity contribution in [2.75, 3.05) is 12.3 Å². The Morgan fingerprint density at radius 2 is 1.67 bits per heavy atom. The van der Waals surface area contributed by atoms with Crippen LogP contribution in [0.5, 0.6) is 0 Å². The number of nitrogens with zero attached hydrogens (tertiary/aromatic N) is 3. The fourth-order valence-electron chi connectivity index (χ4n) is 4.67. The normalized spacial score (nSPS) is 15.3. The highest BCUT2D eigenvalue weighted by Crippen LogP contribution is 2.33. The van der Waals surface area contributed by atoms with E-state index in [2.05, 4.69) is 14.7 Å². The molecule has 1 fully saturated rings. The molecular formula is C27H25N5O3S. The SMILES string of the molecule is Nc1nc(C(=O)N2Cc3ccccc3C2)c2cc(-c3ccccc3S(=O)(=O)NCC3CC3)ccc2n1. The maximum atomic E-state index is 13.6. The first-order chi connectivity index (χ1) is 17.4. The number of nitrogen functional groups attached to an aromatic ring is 1. The van der Waals surface area contributed by atoms with Crippen LogP contribution in [0.2, 0.25) is 0 Å². The minimum absolute atomic E-state index is 0.0163. The van der Waals surface area contributed by atoms with E-state index in [1.54, 1.807) is 47.4 Å². The maximum Gasteiger partial charge on any atom is 0.273 e. The summed E-state index contributed by atoms with van der Waals surface area (Å²) in [6.07, 6.45) is 2.10. The number of amides is 1. The van der Waals surface area contributed by atoms with Gasteiger partial charge in [-0.25, -0.2) is 23.1 Å². The highest BCUT2D eigenvalue weighted by atomic mass is 32.2. The molecule has 8 nitrogen and oxygen atoms in total. The predicted molar refractivity (Wildman–Crippen MR) is 137 cm³/mol. The van der Waals surface area contributed by atoms with Crippen LogP contribution >= 0.6 is 0 Å². The van der Waals surface area contributed by atoms with Crippen LogP contribution in [0, 0.1) is 5.92 Å². The molecular weight excluding hydrogens is 474 g/mol. The third-order valence-electron chi connectivity index (χ3n) is 6.79. The summed E-state index contributed by atoms with van der Waals surface area (Å²) in [5.74, 6) is 0.192. The summed E-state index contributed by atoms with van der Waals surface area (Å²) in [6.45, 7) is 1.43. The Morgan fingerprint density at radius 3 is 2.39 bits per heavy atom. The average Bonchev–Trinajstić information content (AvgIpc) is 3.62. The Bertz CT molecular complexity index is 1590. The van der Waals surface area contributed by atoms with Gasteiger partial charge in [-0.3, -0.25) is 4.79 Å². The highest BCUT2D eigenvalue weighted by Gasteiger charge is 2.28. The molecule has 0 spiro atoms. The van der Waals surface area contributed by atoms with E-state index in [0.717, 1.165) is 24.0 Å². The molecule has 9 heteroatoms. The molecule has 0 atom stereocenters. The molecule has 36 heavy (non-hydrogen) atoms. The maximum absolute atomic E-state index is 13.6. The number of sulfonamides is 1. The number of fused-ring (bicyclic) bond motifs is 2. The first-order valence-corrected chi connectivity index (χ1v) is 13.4. The number of rotatable bonds is 6. The Kier molecular flexibility index (Phi) is 5.46. The molecule has 0 unspecified atom stereocenters. The number of carbonyl (C=O) groups is 1. The Balaban J connectivity index is 1.40. The van der Waals surface area contributed by atoms with Crippen molar-refractivity contribution in [3.8, 4) is 11.1 Å². The van der Waals surface area contributed by atoms with Crippen LogP contribution in [0.25, 0.3) is 22.0 Å². The molecule has 1 amide bonds. The molecule has 3 aromatic carbocycles. The molecule has 2 aliphatic rings. The van der Waals surface area contributed by atoms with Crippen LogP contribution in [0.3, 0.4) is 0 Å². The highest BCUT2D eigenvalue weighted by molar-refractivity contribution is 7.89. The molecule has 0 bridgehead atoms. The zero-order valence-electron chi connectivity index (χ0n) is 19.5. The van der Waals surface area contributed by atoms with E-state index in [1.807, 2.05) is 24.3 Å². The second-order valence-electron chi connectivity index (χ2n) is 9.38. The third-order valence-corrected chi connectivity index (χ3v) is 8.27. The summed E-state index contributed by atoms with van der Waals surface area (Å²) in [4.78, 5) is 24.1. The van der Waals surface area contributed by atoms with E-state index < -0.39 is 10.0 Å². The summed E-state index contributed by atoms with van der Waals surface area (Å²) in [6, 6.07) is 20.1. The van der Waals surface area contributed by atoms with Crippen LogP contribution in [0.4, 0.5) is 5.95 Å². The lowest BCUT2D eigenvalue weighted by molar-refractivity contribution is 0.0747. The van der Waals surface area contributed by atoms with Crippen LogP contribution in [-0.2, 0) is 23.1 Å². The lowest BCUT2D eigenvalue weighted by Gasteiger charge is -2.17. The fraction of sp³-hybridized carbons (Fsp3) is 0.222. The second kappa shape index (κ2) is 8.69. The molecule has 2 heterocycles. The van der Waals surface area contributed by atoms with Crippen molar-refractivity contribution in [3.05, 3.63) is 83.6 Å². The van der Waals surface area contributed by atoms with Crippen molar-refractivity contribution in [2.24, 2.45) is 5.92 Å². The van der Waals surface area contributed by atoms with Gasteiger partial charge in [0, 0.05) is 30.6 Å². The van der Waals surface area contributed by atoms with Gasteiger partial charge in [0.15, 0.2) is 0 Å². The van der Waals surface area contributed by atoms with Crippen LogP contribution in [0.15, 0.2) is 71.6 Å². The molecule has 1 saturated carbocycles. The smallest absolute Gasteiger partial charge is 0.273 e. The largest absolute Gasteiger partial charge is 0.368 e. The molecule has 4 aromatic rings. The number of nitrogens with one attached hydrogen (secondary N) is 1. The van der Waals surface area contributed by atoms with E-state index >= 15 is 0 Å². The number of nitrogens with two attached hydrogens (primary N) is 1. The van der Waals surface area contributed by atoms with Crippen molar-refractivity contribution in [3.63, 3.8) is 0 Å². The van der Waals surface area contributed by atoms with Crippen LogP contribution < -0.4 is 10.5 Å². The Hall–Kier alpha value is -3.82. The van der Waals surface area contributed by atoms with Gasteiger partial charge in [0.05, 0.1) is 10.4 Å². The van der Waals surface area contributed by atoms with E-state index in [0.29, 0.717) is 47.6 Å². The summed E-state index contributed by atoms with van der Waals surface area (Å²) >= 11 is 0.